The fraction of sp³-hybridized carbons (Fsp3) is 0.385. The molecule has 0 spiro atoms. The van der Waals surface area contributed by atoms with Gasteiger partial charge < -0.3 is 10.0 Å². The van der Waals surface area contributed by atoms with E-state index in [2.05, 4.69) is 15.9 Å². The SMILES string of the molecule is O=C(O)N1CC(=O)N2CCc3cc(Br)c(F)cc3[C@@H]2C1. The lowest BCUT2D eigenvalue weighted by Gasteiger charge is -2.43. The van der Waals surface area contributed by atoms with Gasteiger partial charge in [0.05, 0.1) is 10.5 Å². The summed E-state index contributed by atoms with van der Waals surface area (Å²) >= 11 is 3.15. The summed E-state index contributed by atoms with van der Waals surface area (Å²) < 4.78 is 14.1. The lowest BCUT2D eigenvalue weighted by molar-refractivity contribution is -0.139. The van der Waals surface area contributed by atoms with Gasteiger partial charge in [0.15, 0.2) is 0 Å². The molecule has 3 rings (SSSR count). The molecule has 1 aromatic rings. The van der Waals surface area contributed by atoms with E-state index in [1.54, 1.807) is 11.0 Å². The molecule has 1 atom stereocenters. The lowest BCUT2D eigenvalue weighted by Crippen LogP contribution is -2.55. The summed E-state index contributed by atoms with van der Waals surface area (Å²) in [5.41, 5.74) is 1.66. The van der Waals surface area contributed by atoms with Crippen LogP contribution in [0.4, 0.5) is 9.18 Å². The molecule has 1 aromatic carbocycles. The van der Waals surface area contributed by atoms with E-state index in [-0.39, 0.29) is 19.0 Å². The van der Waals surface area contributed by atoms with E-state index in [0.717, 1.165) is 10.5 Å². The lowest BCUT2D eigenvalue weighted by atomic mass is 9.90. The van der Waals surface area contributed by atoms with Crippen molar-refractivity contribution in [3.63, 3.8) is 0 Å². The number of hydrogen-bond acceptors (Lipinski definition) is 2. The molecule has 0 bridgehead atoms. The van der Waals surface area contributed by atoms with Gasteiger partial charge in [0, 0.05) is 13.1 Å². The molecule has 0 aromatic heterocycles. The first-order valence-electron chi connectivity index (χ1n) is 6.22. The topological polar surface area (TPSA) is 60.9 Å². The van der Waals surface area contributed by atoms with Crippen molar-refractivity contribution in [1.29, 1.82) is 0 Å². The number of halogens is 2. The maximum absolute atomic E-state index is 13.7. The Balaban J connectivity index is 2.02. The standard InChI is InChI=1S/C13H12BrFN2O3/c14-9-3-7-1-2-17-11(8(7)4-10(9)15)5-16(13(19)20)6-12(17)18/h3-4,11H,1-2,5-6H2,(H,19,20)/t11-/m0/s1. The van der Waals surface area contributed by atoms with Gasteiger partial charge in [-0.05, 0) is 45.6 Å². The number of carbonyl (C=O) groups is 2. The second-order valence-electron chi connectivity index (χ2n) is 4.98. The van der Waals surface area contributed by atoms with Crippen molar-refractivity contribution in [2.24, 2.45) is 0 Å². The molecule has 2 aliphatic rings. The van der Waals surface area contributed by atoms with E-state index in [4.69, 9.17) is 5.11 Å². The van der Waals surface area contributed by atoms with Crippen molar-refractivity contribution < 1.29 is 19.1 Å². The Bertz CT molecular complexity index is 608. The zero-order valence-corrected chi connectivity index (χ0v) is 12.1. The second kappa shape index (κ2) is 4.73. The molecule has 20 heavy (non-hydrogen) atoms. The number of fused-ring (bicyclic) bond motifs is 3. The minimum absolute atomic E-state index is 0.125. The Hall–Kier alpha value is -1.63. The van der Waals surface area contributed by atoms with E-state index < -0.39 is 18.0 Å². The highest BCUT2D eigenvalue weighted by Crippen LogP contribution is 2.35. The summed E-state index contributed by atoms with van der Waals surface area (Å²) in [6.07, 6.45) is -0.466. The zero-order chi connectivity index (χ0) is 14.4. The fourth-order valence-corrected chi connectivity index (χ4v) is 3.25. The third-order valence-corrected chi connectivity index (χ3v) is 4.46. The van der Waals surface area contributed by atoms with Gasteiger partial charge >= 0.3 is 6.09 Å². The third-order valence-electron chi connectivity index (χ3n) is 3.85. The van der Waals surface area contributed by atoms with Crippen LogP contribution in [-0.4, -0.2) is 46.5 Å². The van der Waals surface area contributed by atoms with E-state index >= 15 is 0 Å². The summed E-state index contributed by atoms with van der Waals surface area (Å²) in [6.45, 7) is 0.608. The third kappa shape index (κ3) is 2.06. The first kappa shape index (κ1) is 13.4. The number of carbonyl (C=O) groups excluding carboxylic acids is 1. The van der Waals surface area contributed by atoms with Gasteiger partial charge in [-0.3, -0.25) is 9.69 Å². The Labute approximate surface area is 123 Å². The van der Waals surface area contributed by atoms with Crippen molar-refractivity contribution in [2.75, 3.05) is 19.6 Å². The van der Waals surface area contributed by atoms with Crippen molar-refractivity contribution in [1.82, 2.24) is 9.80 Å². The number of benzene rings is 1. The molecule has 2 amide bonds. The number of carboxylic acid groups (broad SMARTS) is 1. The molecule has 106 valence electrons. The molecule has 2 heterocycles. The molecule has 1 fully saturated rings. The molecule has 7 heteroatoms. The zero-order valence-electron chi connectivity index (χ0n) is 10.5. The van der Waals surface area contributed by atoms with Crippen LogP contribution >= 0.6 is 15.9 Å². The number of piperazine rings is 1. The molecule has 0 unspecified atom stereocenters. The Morgan fingerprint density at radius 2 is 2.20 bits per heavy atom. The Kier molecular flexibility index (Phi) is 3.16. The van der Waals surface area contributed by atoms with E-state index in [1.165, 1.54) is 6.07 Å². The normalized spacial score (nSPS) is 21.5. The van der Waals surface area contributed by atoms with Crippen molar-refractivity contribution >= 4 is 27.9 Å². The van der Waals surface area contributed by atoms with Gasteiger partial charge in [-0.25, -0.2) is 9.18 Å². The van der Waals surface area contributed by atoms with Crippen LogP contribution in [0.2, 0.25) is 0 Å². The number of rotatable bonds is 0. The van der Waals surface area contributed by atoms with E-state index in [0.29, 0.717) is 23.0 Å². The first-order valence-corrected chi connectivity index (χ1v) is 7.02. The monoisotopic (exact) mass is 342 g/mol. The summed E-state index contributed by atoms with van der Waals surface area (Å²) in [5, 5.41) is 9.07. The number of nitrogens with zero attached hydrogens (tertiary/aromatic N) is 2. The minimum Gasteiger partial charge on any atom is -0.465 e. The van der Waals surface area contributed by atoms with Gasteiger partial charge in [-0.15, -0.1) is 0 Å². The number of hydrogen-bond donors (Lipinski definition) is 1. The quantitative estimate of drug-likeness (QED) is 0.784. The molecule has 0 aliphatic carbocycles. The van der Waals surface area contributed by atoms with E-state index in [1.807, 2.05) is 0 Å². The average Bonchev–Trinajstić information content (AvgIpc) is 2.40. The van der Waals surface area contributed by atoms with Gasteiger partial charge in [0.1, 0.15) is 12.4 Å². The summed E-state index contributed by atoms with van der Waals surface area (Å²) in [7, 11) is 0. The highest BCUT2D eigenvalue weighted by atomic mass is 79.9. The highest BCUT2D eigenvalue weighted by Gasteiger charge is 2.38. The van der Waals surface area contributed by atoms with E-state index in [9.17, 15) is 14.0 Å². The molecule has 2 aliphatic heterocycles. The number of amides is 2. The molecule has 0 radical (unpaired) electrons. The maximum Gasteiger partial charge on any atom is 0.407 e. The Morgan fingerprint density at radius 3 is 2.90 bits per heavy atom. The second-order valence-corrected chi connectivity index (χ2v) is 5.84. The molecule has 5 nitrogen and oxygen atoms in total. The molecule has 0 saturated carbocycles. The van der Waals surface area contributed by atoms with Crippen LogP contribution in [0.1, 0.15) is 17.2 Å². The van der Waals surface area contributed by atoms with Gasteiger partial charge in [0.25, 0.3) is 0 Å². The molecular formula is C13H12BrFN2O3. The van der Waals surface area contributed by atoms with Crippen LogP contribution in [0, 0.1) is 5.82 Å². The van der Waals surface area contributed by atoms with Crippen LogP contribution < -0.4 is 0 Å². The summed E-state index contributed by atoms with van der Waals surface area (Å²) in [5.74, 6) is -0.622. The van der Waals surface area contributed by atoms with Crippen LogP contribution in [0.3, 0.4) is 0 Å². The van der Waals surface area contributed by atoms with Crippen LogP contribution in [-0.2, 0) is 11.2 Å². The van der Waals surface area contributed by atoms with Crippen molar-refractivity contribution in [3.8, 4) is 0 Å². The molecule has 1 N–H and O–H groups in total. The largest absolute Gasteiger partial charge is 0.465 e. The predicted molar refractivity (Wildman–Crippen MR) is 71.9 cm³/mol. The van der Waals surface area contributed by atoms with Crippen LogP contribution in [0.15, 0.2) is 16.6 Å². The first-order chi connectivity index (χ1) is 9.47. The van der Waals surface area contributed by atoms with Gasteiger partial charge in [0.2, 0.25) is 5.91 Å². The van der Waals surface area contributed by atoms with Gasteiger partial charge in [-0.2, -0.15) is 0 Å². The average molecular weight is 343 g/mol. The van der Waals surface area contributed by atoms with Crippen LogP contribution in [0.25, 0.3) is 0 Å². The highest BCUT2D eigenvalue weighted by molar-refractivity contribution is 9.10. The maximum atomic E-state index is 13.7. The van der Waals surface area contributed by atoms with Crippen molar-refractivity contribution in [3.05, 3.63) is 33.5 Å². The van der Waals surface area contributed by atoms with Gasteiger partial charge in [-0.1, -0.05) is 0 Å². The summed E-state index contributed by atoms with van der Waals surface area (Å²) in [6, 6.07) is 2.72. The summed E-state index contributed by atoms with van der Waals surface area (Å²) in [4.78, 5) is 25.8. The fourth-order valence-electron chi connectivity index (χ4n) is 2.86. The van der Waals surface area contributed by atoms with Crippen molar-refractivity contribution in [2.45, 2.75) is 12.5 Å². The van der Waals surface area contributed by atoms with Crippen LogP contribution in [0.5, 0.6) is 0 Å². The Morgan fingerprint density at radius 1 is 1.45 bits per heavy atom. The smallest absolute Gasteiger partial charge is 0.407 e. The molecule has 1 saturated heterocycles. The minimum atomic E-state index is -1.12. The molecular weight excluding hydrogens is 331 g/mol. The predicted octanol–water partition coefficient (Wildman–Crippen LogP) is 2.01.